The maximum absolute atomic E-state index is 11.7. The first kappa shape index (κ1) is 7.78. The van der Waals surface area contributed by atoms with E-state index in [1.165, 1.54) is 25.7 Å². The molecule has 1 spiro atoms. The molecule has 2 saturated carbocycles. The highest BCUT2D eigenvalue weighted by molar-refractivity contribution is 5.84. The lowest BCUT2D eigenvalue weighted by atomic mass is 9.66. The summed E-state index contributed by atoms with van der Waals surface area (Å²) >= 11 is 0. The van der Waals surface area contributed by atoms with Crippen molar-refractivity contribution in [2.24, 2.45) is 17.3 Å². The third kappa shape index (κ3) is 0.853. The van der Waals surface area contributed by atoms with Crippen molar-refractivity contribution in [1.82, 2.24) is 0 Å². The van der Waals surface area contributed by atoms with Crippen molar-refractivity contribution in [3.05, 3.63) is 12.2 Å². The van der Waals surface area contributed by atoms with Crippen molar-refractivity contribution in [1.29, 1.82) is 0 Å². The van der Waals surface area contributed by atoms with E-state index in [0.717, 1.165) is 18.8 Å². The summed E-state index contributed by atoms with van der Waals surface area (Å²) in [5, 5.41) is 0. The summed E-state index contributed by atoms with van der Waals surface area (Å²) in [5.41, 5.74) is 0.436. The average molecular weight is 176 g/mol. The number of rotatable bonds is 0. The summed E-state index contributed by atoms with van der Waals surface area (Å²) in [7, 11) is 0. The van der Waals surface area contributed by atoms with Gasteiger partial charge in [-0.3, -0.25) is 4.79 Å². The number of allylic oxidation sites excluding steroid dienone is 2. The van der Waals surface area contributed by atoms with E-state index in [1.54, 1.807) is 0 Å². The van der Waals surface area contributed by atoms with Crippen molar-refractivity contribution in [2.45, 2.75) is 38.5 Å². The number of carbonyl (C=O) groups excluding carboxylic acids is 1. The molecule has 0 N–H and O–H groups in total. The molecule has 0 unspecified atom stereocenters. The molecule has 0 aromatic carbocycles. The predicted octanol–water partition coefficient (Wildman–Crippen LogP) is 2.71. The molecule has 0 saturated heterocycles. The van der Waals surface area contributed by atoms with E-state index in [9.17, 15) is 4.79 Å². The molecule has 1 nitrogen and oxygen atoms in total. The Balaban J connectivity index is 2.05. The zero-order chi connectivity index (χ0) is 8.89. The summed E-state index contributed by atoms with van der Waals surface area (Å²) in [6.45, 7) is 0. The van der Waals surface area contributed by atoms with Crippen LogP contribution in [-0.2, 0) is 4.79 Å². The second-order valence-electron chi connectivity index (χ2n) is 4.91. The molecule has 3 atom stereocenters. The Morgan fingerprint density at radius 2 is 2.31 bits per heavy atom. The minimum absolute atomic E-state index is 0.407. The van der Waals surface area contributed by atoms with E-state index < -0.39 is 0 Å². The smallest absolute Gasteiger partial charge is 0.136 e. The highest BCUT2D eigenvalue weighted by Gasteiger charge is 2.54. The molecule has 70 valence electrons. The standard InChI is InChI=1S/C12H16O/c13-11-6-8-12-7-2-4-9(12)3-1-5-10(11)12/h1,3,9-10H,2,4-8H2/t9-,10-,12-/m1/s1. The highest BCUT2D eigenvalue weighted by Crippen LogP contribution is 2.59. The monoisotopic (exact) mass is 176 g/mol. The van der Waals surface area contributed by atoms with Gasteiger partial charge in [0, 0.05) is 12.3 Å². The largest absolute Gasteiger partial charge is 0.299 e. The van der Waals surface area contributed by atoms with Gasteiger partial charge in [0.25, 0.3) is 0 Å². The first-order chi connectivity index (χ1) is 6.33. The minimum Gasteiger partial charge on any atom is -0.299 e. The number of carbonyl (C=O) groups is 1. The third-order valence-electron chi connectivity index (χ3n) is 4.56. The maximum atomic E-state index is 11.7. The van der Waals surface area contributed by atoms with Crippen LogP contribution in [0.3, 0.4) is 0 Å². The Morgan fingerprint density at radius 1 is 1.38 bits per heavy atom. The minimum atomic E-state index is 0.407. The van der Waals surface area contributed by atoms with Gasteiger partial charge in [0.2, 0.25) is 0 Å². The van der Waals surface area contributed by atoms with Crippen LogP contribution in [0.15, 0.2) is 12.2 Å². The Bertz CT molecular complexity index is 279. The summed E-state index contributed by atoms with van der Waals surface area (Å²) in [5.74, 6) is 1.71. The van der Waals surface area contributed by atoms with Crippen LogP contribution in [0.4, 0.5) is 0 Å². The van der Waals surface area contributed by atoms with E-state index in [2.05, 4.69) is 12.2 Å². The van der Waals surface area contributed by atoms with Crippen molar-refractivity contribution in [3.8, 4) is 0 Å². The van der Waals surface area contributed by atoms with Gasteiger partial charge < -0.3 is 0 Å². The Hall–Kier alpha value is -0.590. The molecule has 0 radical (unpaired) electrons. The molecule has 0 heterocycles. The van der Waals surface area contributed by atoms with E-state index in [0.29, 0.717) is 17.1 Å². The van der Waals surface area contributed by atoms with E-state index >= 15 is 0 Å². The van der Waals surface area contributed by atoms with Crippen LogP contribution < -0.4 is 0 Å². The first-order valence-electron chi connectivity index (χ1n) is 5.52. The number of Topliss-reactive ketones (excluding diaryl/α,β-unsaturated/α-hetero) is 1. The Morgan fingerprint density at radius 3 is 3.23 bits per heavy atom. The van der Waals surface area contributed by atoms with Gasteiger partial charge in [0.1, 0.15) is 5.78 Å². The molecule has 3 aliphatic carbocycles. The zero-order valence-electron chi connectivity index (χ0n) is 7.96. The predicted molar refractivity (Wildman–Crippen MR) is 51.3 cm³/mol. The SMILES string of the molecule is O=C1CC[C@]23CCC[C@H]2C=CC[C@H]13. The molecular formula is C12H16O. The van der Waals surface area contributed by atoms with E-state index in [1.807, 2.05) is 0 Å². The van der Waals surface area contributed by atoms with Crippen LogP contribution in [-0.4, -0.2) is 5.78 Å². The fourth-order valence-corrected chi connectivity index (χ4v) is 3.92. The van der Waals surface area contributed by atoms with Gasteiger partial charge in [-0.25, -0.2) is 0 Å². The lowest BCUT2D eigenvalue weighted by Crippen LogP contribution is -2.33. The number of hydrogen-bond acceptors (Lipinski definition) is 1. The van der Waals surface area contributed by atoms with Gasteiger partial charge >= 0.3 is 0 Å². The van der Waals surface area contributed by atoms with Crippen LogP contribution >= 0.6 is 0 Å². The van der Waals surface area contributed by atoms with Gasteiger partial charge in [-0.1, -0.05) is 18.6 Å². The lowest BCUT2D eigenvalue weighted by Gasteiger charge is -2.37. The molecule has 0 bridgehead atoms. The van der Waals surface area contributed by atoms with Gasteiger partial charge in [-0.15, -0.1) is 0 Å². The summed E-state index contributed by atoms with van der Waals surface area (Å²) in [4.78, 5) is 11.7. The van der Waals surface area contributed by atoms with Crippen LogP contribution in [0.5, 0.6) is 0 Å². The van der Waals surface area contributed by atoms with Gasteiger partial charge in [-0.2, -0.15) is 0 Å². The fourth-order valence-electron chi connectivity index (χ4n) is 3.92. The quantitative estimate of drug-likeness (QED) is 0.519. The van der Waals surface area contributed by atoms with E-state index in [4.69, 9.17) is 0 Å². The molecule has 0 aromatic heterocycles. The van der Waals surface area contributed by atoms with Crippen molar-refractivity contribution in [3.63, 3.8) is 0 Å². The normalized spacial score (nSPS) is 47.8. The summed E-state index contributed by atoms with van der Waals surface area (Å²) in [6, 6.07) is 0. The van der Waals surface area contributed by atoms with Crippen LogP contribution in [0.2, 0.25) is 0 Å². The first-order valence-corrected chi connectivity index (χ1v) is 5.52. The molecule has 2 fully saturated rings. The second kappa shape index (κ2) is 2.46. The molecule has 13 heavy (non-hydrogen) atoms. The van der Waals surface area contributed by atoms with Gasteiger partial charge in [0.05, 0.1) is 0 Å². The molecule has 3 aliphatic rings. The third-order valence-corrected chi connectivity index (χ3v) is 4.56. The molecule has 0 amide bonds. The van der Waals surface area contributed by atoms with Crippen LogP contribution in [0, 0.1) is 17.3 Å². The van der Waals surface area contributed by atoms with Gasteiger partial charge in [0.15, 0.2) is 0 Å². The molecule has 0 aromatic rings. The van der Waals surface area contributed by atoms with Crippen molar-refractivity contribution < 1.29 is 4.79 Å². The maximum Gasteiger partial charge on any atom is 0.136 e. The summed E-state index contributed by atoms with van der Waals surface area (Å²) in [6.07, 6.45) is 11.7. The second-order valence-corrected chi connectivity index (χ2v) is 4.91. The number of hydrogen-bond donors (Lipinski definition) is 0. The highest BCUT2D eigenvalue weighted by atomic mass is 16.1. The Kier molecular flexibility index (Phi) is 1.47. The van der Waals surface area contributed by atoms with E-state index in [-0.39, 0.29) is 0 Å². The molecular weight excluding hydrogens is 160 g/mol. The van der Waals surface area contributed by atoms with Crippen LogP contribution in [0.25, 0.3) is 0 Å². The number of ketones is 1. The molecule has 3 rings (SSSR count). The lowest BCUT2D eigenvalue weighted by molar-refractivity contribution is -0.122. The average Bonchev–Trinajstić information content (AvgIpc) is 2.68. The summed E-state index contributed by atoms with van der Waals surface area (Å²) < 4.78 is 0. The van der Waals surface area contributed by atoms with Crippen molar-refractivity contribution in [2.75, 3.05) is 0 Å². The van der Waals surface area contributed by atoms with Gasteiger partial charge in [-0.05, 0) is 37.0 Å². The molecule has 1 heteroatoms. The fraction of sp³-hybridized carbons (Fsp3) is 0.750. The van der Waals surface area contributed by atoms with Crippen LogP contribution in [0.1, 0.15) is 38.5 Å². The van der Waals surface area contributed by atoms with Crippen molar-refractivity contribution >= 4 is 5.78 Å². The topological polar surface area (TPSA) is 17.1 Å². The molecule has 0 aliphatic heterocycles. The Labute approximate surface area is 79.2 Å². The zero-order valence-corrected chi connectivity index (χ0v) is 7.96.